The number of hydrogen-bond acceptors (Lipinski definition) is 1. The average Bonchev–Trinajstić information content (AvgIpc) is 2.59. The van der Waals surface area contributed by atoms with Gasteiger partial charge >= 0.3 is 0 Å². The Labute approximate surface area is 147 Å². The van der Waals surface area contributed by atoms with Gasteiger partial charge in [-0.3, -0.25) is 4.99 Å². The van der Waals surface area contributed by atoms with Gasteiger partial charge in [0.2, 0.25) is 0 Å². The highest BCUT2D eigenvalue weighted by molar-refractivity contribution is 5.54. The molecule has 1 aliphatic carbocycles. The summed E-state index contributed by atoms with van der Waals surface area (Å²) in [6.07, 6.45) is 14.2. The maximum atomic E-state index is 4.32. The van der Waals surface area contributed by atoms with Gasteiger partial charge in [-0.25, -0.2) is 0 Å². The number of rotatable bonds is 6. The molecule has 1 aliphatic rings. The summed E-state index contributed by atoms with van der Waals surface area (Å²) in [5.41, 5.74) is 4.23. The molecule has 0 N–H and O–H groups in total. The molecule has 0 aromatic heterocycles. The predicted molar refractivity (Wildman–Crippen MR) is 107 cm³/mol. The summed E-state index contributed by atoms with van der Waals surface area (Å²) in [5.74, 6) is 2.21. The Morgan fingerprint density at radius 1 is 1.17 bits per heavy atom. The van der Waals surface area contributed by atoms with Crippen LogP contribution in [0.2, 0.25) is 0 Å². The van der Waals surface area contributed by atoms with Crippen molar-refractivity contribution in [1.82, 2.24) is 0 Å². The third kappa shape index (κ3) is 4.56. The first kappa shape index (κ1) is 18.4. The van der Waals surface area contributed by atoms with Gasteiger partial charge in [-0.05, 0) is 61.6 Å². The van der Waals surface area contributed by atoms with Crippen molar-refractivity contribution in [3.05, 3.63) is 71.5 Å². The van der Waals surface area contributed by atoms with E-state index in [1.165, 1.54) is 23.1 Å². The van der Waals surface area contributed by atoms with Crippen LogP contribution < -0.4 is 0 Å². The van der Waals surface area contributed by atoms with Crippen molar-refractivity contribution in [3.8, 4) is 0 Å². The van der Waals surface area contributed by atoms with Crippen LogP contribution in [0.3, 0.4) is 0 Å². The molecule has 0 saturated carbocycles. The highest BCUT2D eigenvalue weighted by Gasteiger charge is 2.27. The van der Waals surface area contributed by atoms with Crippen molar-refractivity contribution in [2.75, 3.05) is 0 Å². The van der Waals surface area contributed by atoms with Crippen LogP contribution >= 0.6 is 0 Å². The fourth-order valence-corrected chi connectivity index (χ4v) is 3.88. The summed E-state index contributed by atoms with van der Waals surface area (Å²) in [4.78, 5) is 4.32. The lowest BCUT2D eigenvalue weighted by atomic mass is 9.73. The molecule has 128 valence electrons. The van der Waals surface area contributed by atoms with Crippen LogP contribution in [0.4, 0.5) is 0 Å². The number of aryl methyl sites for hydroxylation is 1. The molecule has 0 spiro atoms. The van der Waals surface area contributed by atoms with Crippen molar-refractivity contribution >= 4 is 6.21 Å². The Morgan fingerprint density at radius 3 is 2.58 bits per heavy atom. The number of benzene rings is 1. The maximum absolute atomic E-state index is 4.32. The minimum absolute atomic E-state index is 0.456. The zero-order valence-electron chi connectivity index (χ0n) is 15.7. The second-order valence-electron chi connectivity index (χ2n) is 7.12. The van der Waals surface area contributed by atoms with Gasteiger partial charge in [0.05, 0.1) is 0 Å². The minimum Gasteiger partial charge on any atom is -0.269 e. The van der Waals surface area contributed by atoms with Crippen LogP contribution in [0.1, 0.15) is 51.2 Å². The minimum atomic E-state index is 0.456. The lowest BCUT2D eigenvalue weighted by Gasteiger charge is -2.32. The Hall–Kier alpha value is -1.89. The smallest absolute Gasteiger partial charge is 0.0259 e. The van der Waals surface area contributed by atoms with E-state index in [0.717, 1.165) is 0 Å². The molecule has 1 heteroatoms. The predicted octanol–water partition coefficient (Wildman–Crippen LogP) is 6.48. The van der Waals surface area contributed by atoms with Gasteiger partial charge in [0, 0.05) is 18.3 Å². The normalized spacial score (nSPS) is 23.6. The third-order valence-electron chi connectivity index (χ3n) is 5.23. The topological polar surface area (TPSA) is 12.4 Å². The van der Waals surface area contributed by atoms with Gasteiger partial charge in [-0.1, -0.05) is 62.4 Å². The van der Waals surface area contributed by atoms with E-state index in [4.69, 9.17) is 0 Å². The van der Waals surface area contributed by atoms with E-state index in [1.807, 2.05) is 19.3 Å². The molecule has 0 heterocycles. The molecule has 0 radical (unpaired) electrons. The first-order valence-electron chi connectivity index (χ1n) is 9.09. The standard InChI is InChI=1S/C23H31N/c1-6-24-16-20(5)23-14-10-9-13-22(23)19(4)15-18(3)21-12-8-7-11-17(21)2/h6-14,16,18-19,22-23H,15H2,1-5H3/b20-16+,24-6-. The molecule has 0 saturated heterocycles. The van der Waals surface area contributed by atoms with Gasteiger partial charge in [0.1, 0.15) is 0 Å². The number of hydrogen-bond donors (Lipinski definition) is 0. The van der Waals surface area contributed by atoms with Gasteiger partial charge in [-0.2, -0.15) is 0 Å². The van der Waals surface area contributed by atoms with Crippen LogP contribution in [0.15, 0.2) is 65.3 Å². The van der Waals surface area contributed by atoms with Crippen molar-refractivity contribution in [2.24, 2.45) is 22.7 Å². The molecule has 1 aromatic rings. The summed E-state index contributed by atoms with van der Waals surface area (Å²) in [5, 5.41) is 0. The van der Waals surface area contributed by atoms with Crippen molar-refractivity contribution < 1.29 is 0 Å². The Morgan fingerprint density at radius 2 is 1.88 bits per heavy atom. The highest BCUT2D eigenvalue weighted by atomic mass is 14.7. The molecule has 4 unspecified atom stereocenters. The molecule has 0 fully saturated rings. The molecule has 1 aromatic carbocycles. The van der Waals surface area contributed by atoms with Crippen LogP contribution in [0.25, 0.3) is 0 Å². The van der Waals surface area contributed by atoms with E-state index in [9.17, 15) is 0 Å². The summed E-state index contributed by atoms with van der Waals surface area (Å²) in [6.45, 7) is 11.1. The van der Waals surface area contributed by atoms with Crippen LogP contribution in [0.5, 0.6) is 0 Å². The molecular formula is C23H31N. The summed E-state index contributed by atoms with van der Waals surface area (Å²) >= 11 is 0. The van der Waals surface area contributed by atoms with Crippen molar-refractivity contribution in [2.45, 2.75) is 47.0 Å². The van der Waals surface area contributed by atoms with Crippen LogP contribution in [-0.2, 0) is 0 Å². The molecule has 24 heavy (non-hydrogen) atoms. The van der Waals surface area contributed by atoms with E-state index in [0.29, 0.717) is 23.7 Å². The van der Waals surface area contributed by atoms with E-state index in [1.54, 1.807) is 0 Å². The van der Waals surface area contributed by atoms with E-state index in [-0.39, 0.29) is 0 Å². The molecule has 1 nitrogen and oxygen atoms in total. The Kier molecular flexibility index (Phi) is 6.78. The van der Waals surface area contributed by atoms with Crippen LogP contribution in [0, 0.1) is 24.7 Å². The third-order valence-corrected chi connectivity index (χ3v) is 5.23. The Balaban J connectivity index is 2.12. The number of nitrogens with zero attached hydrogens (tertiary/aromatic N) is 1. The van der Waals surface area contributed by atoms with Crippen molar-refractivity contribution in [3.63, 3.8) is 0 Å². The first-order valence-corrected chi connectivity index (χ1v) is 9.09. The maximum Gasteiger partial charge on any atom is 0.0259 e. The van der Waals surface area contributed by atoms with Crippen molar-refractivity contribution in [1.29, 1.82) is 0 Å². The fraction of sp³-hybridized carbons (Fsp3) is 0.435. The van der Waals surface area contributed by atoms with Gasteiger partial charge in [0.15, 0.2) is 0 Å². The second-order valence-corrected chi connectivity index (χ2v) is 7.12. The fourth-order valence-electron chi connectivity index (χ4n) is 3.88. The van der Waals surface area contributed by atoms with E-state index in [2.05, 4.69) is 81.3 Å². The number of aliphatic imine (C=N–C) groups is 1. The SMILES string of the molecule is C/C=N\C=C(/C)C1C=CC=CC1C(C)CC(C)c1ccccc1C. The molecule has 2 rings (SSSR count). The molecule has 0 aliphatic heterocycles. The molecule has 0 amide bonds. The second kappa shape index (κ2) is 8.82. The lowest BCUT2D eigenvalue weighted by molar-refractivity contribution is 0.330. The summed E-state index contributed by atoms with van der Waals surface area (Å²) in [7, 11) is 0. The first-order chi connectivity index (χ1) is 11.5. The zero-order chi connectivity index (χ0) is 17.5. The zero-order valence-corrected chi connectivity index (χ0v) is 15.7. The Bertz CT molecular complexity index is 648. The van der Waals surface area contributed by atoms with Crippen LogP contribution in [-0.4, -0.2) is 6.21 Å². The molecular weight excluding hydrogens is 290 g/mol. The average molecular weight is 322 g/mol. The van der Waals surface area contributed by atoms with E-state index < -0.39 is 0 Å². The van der Waals surface area contributed by atoms with Gasteiger partial charge in [0.25, 0.3) is 0 Å². The molecule has 0 bridgehead atoms. The largest absolute Gasteiger partial charge is 0.269 e. The quantitative estimate of drug-likeness (QED) is 0.532. The number of allylic oxidation sites excluding steroid dienone is 5. The summed E-state index contributed by atoms with van der Waals surface area (Å²) < 4.78 is 0. The molecule has 4 atom stereocenters. The monoisotopic (exact) mass is 321 g/mol. The lowest BCUT2D eigenvalue weighted by Crippen LogP contribution is -2.22. The summed E-state index contributed by atoms with van der Waals surface area (Å²) in [6, 6.07) is 8.79. The van der Waals surface area contributed by atoms with E-state index >= 15 is 0 Å². The van der Waals surface area contributed by atoms with Gasteiger partial charge < -0.3 is 0 Å². The van der Waals surface area contributed by atoms with Gasteiger partial charge in [-0.15, -0.1) is 0 Å². The highest BCUT2D eigenvalue weighted by Crippen LogP contribution is 2.37.